The van der Waals surface area contributed by atoms with Crippen molar-refractivity contribution < 1.29 is 28.5 Å². The van der Waals surface area contributed by atoms with Crippen molar-refractivity contribution in [2.45, 2.75) is 31.7 Å². The molecule has 0 bridgehead atoms. The predicted molar refractivity (Wildman–Crippen MR) is 129 cm³/mol. The summed E-state index contributed by atoms with van der Waals surface area (Å²) in [6, 6.07) is 11.6. The molecule has 3 aliphatic rings. The Morgan fingerprint density at radius 3 is 2.57 bits per heavy atom. The monoisotopic (exact) mass is 480 g/mol. The first kappa shape index (κ1) is 23.3. The van der Waals surface area contributed by atoms with Crippen molar-refractivity contribution in [2.75, 3.05) is 40.5 Å². The van der Waals surface area contributed by atoms with Crippen LogP contribution in [0.5, 0.6) is 23.0 Å². The number of hydrogen-bond acceptors (Lipinski definition) is 6. The average molecular weight is 481 g/mol. The fourth-order valence-corrected chi connectivity index (χ4v) is 4.89. The normalized spacial score (nSPS) is 19.9. The van der Waals surface area contributed by atoms with Gasteiger partial charge >= 0.3 is 0 Å². The Kier molecular flexibility index (Phi) is 6.70. The SMILES string of the molecule is COc1ccc(CCN2CC(C(=O)NC(c3ccc4c(c3)OCCO4)C3CC3)CC2=O)cc1OC. The van der Waals surface area contributed by atoms with Crippen molar-refractivity contribution in [3.63, 3.8) is 0 Å². The van der Waals surface area contributed by atoms with Crippen molar-refractivity contribution in [3.8, 4) is 23.0 Å². The third-order valence-electron chi connectivity index (χ3n) is 7.02. The van der Waals surface area contributed by atoms with E-state index in [4.69, 9.17) is 18.9 Å². The van der Waals surface area contributed by atoms with Gasteiger partial charge in [-0.3, -0.25) is 9.59 Å². The van der Waals surface area contributed by atoms with Gasteiger partial charge in [0.1, 0.15) is 13.2 Å². The summed E-state index contributed by atoms with van der Waals surface area (Å²) in [6.45, 7) is 2.08. The minimum atomic E-state index is -0.341. The molecule has 0 radical (unpaired) electrons. The van der Waals surface area contributed by atoms with E-state index in [1.165, 1.54) is 0 Å². The summed E-state index contributed by atoms with van der Waals surface area (Å²) in [4.78, 5) is 27.6. The smallest absolute Gasteiger partial charge is 0.225 e. The van der Waals surface area contributed by atoms with Crippen LogP contribution in [-0.4, -0.2) is 57.2 Å². The van der Waals surface area contributed by atoms with Gasteiger partial charge in [-0.25, -0.2) is 0 Å². The Bertz CT molecular complexity index is 1100. The maximum absolute atomic E-state index is 13.2. The first-order valence-corrected chi connectivity index (χ1v) is 12.2. The van der Waals surface area contributed by atoms with E-state index in [-0.39, 0.29) is 30.2 Å². The highest BCUT2D eigenvalue weighted by molar-refractivity contribution is 5.89. The van der Waals surface area contributed by atoms with Gasteiger partial charge in [-0.1, -0.05) is 12.1 Å². The van der Waals surface area contributed by atoms with Crippen molar-refractivity contribution in [1.82, 2.24) is 10.2 Å². The van der Waals surface area contributed by atoms with E-state index < -0.39 is 0 Å². The zero-order valence-corrected chi connectivity index (χ0v) is 20.2. The van der Waals surface area contributed by atoms with E-state index in [0.717, 1.165) is 35.5 Å². The van der Waals surface area contributed by atoms with E-state index in [2.05, 4.69) is 5.32 Å². The third kappa shape index (κ3) is 5.16. The molecule has 1 saturated carbocycles. The number of rotatable bonds is 9. The Morgan fingerprint density at radius 2 is 1.83 bits per heavy atom. The molecular weight excluding hydrogens is 448 g/mol. The van der Waals surface area contributed by atoms with E-state index in [1.807, 2.05) is 36.4 Å². The molecule has 2 aromatic rings. The lowest BCUT2D eigenvalue weighted by Crippen LogP contribution is -2.36. The number of carbonyl (C=O) groups excluding carboxylic acids is 2. The van der Waals surface area contributed by atoms with Gasteiger partial charge < -0.3 is 29.2 Å². The number of hydrogen-bond donors (Lipinski definition) is 1. The Balaban J connectivity index is 1.20. The molecule has 2 atom stereocenters. The van der Waals surface area contributed by atoms with Crippen LogP contribution >= 0.6 is 0 Å². The quantitative estimate of drug-likeness (QED) is 0.594. The van der Waals surface area contributed by atoms with E-state index >= 15 is 0 Å². The standard InChI is InChI=1S/C27H32N2O6/c1-32-21-7-3-17(13-23(21)33-2)9-10-29-16-20(15-25(29)30)27(31)28-26(18-4-5-18)19-6-8-22-24(14-19)35-12-11-34-22/h3,6-8,13-14,18,20,26H,4-5,9-12,15-16H2,1-2H3,(H,28,31). The number of amides is 2. The maximum atomic E-state index is 13.2. The molecule has 1 saturated heterocycles. The highest BCUT2D eigenvalue weighted by atomic mass is 16.6. The molecule has 186 valence electrons. The molecule has 8 nitrogen and oxygen atoms in total. The van der Waals surface area contributed by atoms with Gasteiger partial charge in [0.15, 0.2) is 23.0 Å². The lowest BCUT2D eigenvalue weighted by atomic mass is 9.99. The minimum Gasteiger partial charge on any atom is -0.493 e. The first-order chi connectivity index (χ1) is 17.1. The van der Waals surface area contributed by atoms with Gasteiger partial charge in [0.05, 0.1) is 26.2 Å². The van der Waals surface area contributed by atoms with Crippen LogP contribution in [0.3, 0.4) is 0 Å². The number of nitrogens with one attached hydrogen (secondary N) is 1. The van der Waals surface area contributed by atoms with Gasteiger partial charge in [0.2, 0.25) is 11.8 Å². The van der Waals surface area contributed by atoms with Crippen LogP contribution in [0.1, 0.15) is 36.4 Å². The van der Waals surface area contributed by atoms with E-state index in [1.54, 1.807) is 19.1 Å². The molecule has 35 heavy (non-hydrogen) atoms. The lowest BCUT2D eigenvalue weighted by molar-refractivity contribution is -0.129. The number of methoxy groups -OCH3 is 2. The Labute approximate surface area is 205 Å². The van der Waals surface area contributed by atoms with Crippen molar-refractivity contribution >= 4 is 11.8 Å². The number of carbonyl (C=O) groups is 2. The third-order valence-corrected chi connectivity index (χ3v) is 7.02. The van der Waals surface area contributed by atoms with Gasteiger partial charge in [-0.15, -0.1) is 0 Å². The summed E-state index contributed by atoms with van der Waals surface area (Å²) in [7, 11) is 3.21. The summed E-state index contributed by atoms with van der Waals surface area (Å²) in [5.74, 6) is 2.85. The van der Waals surface area contributed by atoms with Crippen molar-refractivity contribution in [1.29, 1.82) is 0 Å². The number of nitrogens with zero attached hydrogens (tertiary/aromatic N) is 1. The highest BCUT2D eigenvalue weighted by Gasteiger charge is 2.39. The molecule has 2 heterocycles. The van der Waals surface area contributed by atoms with Crippen LogP contribution in [0.25, 0.3) is 0 Å². The second-order valence-electron chi connectivity index (χ2n) is 9.41. The van der Waals surface area contributed by atoms with Crippen molar-refractivity contribution in [3.05, 3.63) is 47.5 Å². The summed E-state index contributed by atoms with van der Waals surface area (Å²) in [5.41, 5.74) is 2.08. The summed E-state index contributed by atoms with van der Waals surface area (Å²) in [6.07, 6.45) is 3.10. The molecule has 2 aromatic carbocycles. The topological polar surface area (TPSA) is 86.3 Å². The molecule has 2 amide bonds. The van der Waals surface area contributed by atoms with E-state index in [9.17, 15) is 9.59 Å². The second-order valence-corrected chi connectivity index (χ2v) is 9.41. The van der Waals surface area contributed by atoms with Crippen LogP contribution in [0, 0.1) is 11.8 Å². The highest BCUT2D eigenvalue weighted by Crippen LogP contribution is 2.43. The summed E-state index contributed by atoms with van der Waals surface area (Å²) < 4.78 is 22.0. The van der Waals surface area contributed by atoms with Gasteiger partial charge in [-0.05, 0) is 60.6 Å². The number of ether oxygens (including phenoxy) is 4. The maximum Gasteiger partial charge on any atom is 0.225 e. The lowest BCUT2D eigenvalue weighted by Gasteiger charge is -2.24. The number of benzene rings is 2. The molecule has 1 aliphatic carbocycles. The average Bonchev–Trinajstić information content (AvgIpc) is 3.66. The Morgan fingerprint density at radius 1 is 1.06 bits per heavy atom. The fourth-order valence-electron chi connectivity index (χ4n) is 4.89. The van der Waals surface area contributed by atoms with Crippen molar-refractivity contribution in [2.24, 2.45) is 11.8 Å². The van der Waals surface area contributed by atoms with E-state index in [0.29, 0.717) is 50.1 Å². The van der Waals surface area contributed by atoms with Gasteiger partial charge in [-0.2, -0.15) is 0 Å². The van der Waals surface area contributed by atoms with Gasteiger partial charge in [0.25, 0.3) is 0 Å². The molecular formula is C27H32N2O6. The van der Waals surface area contributed by atoms with Crippen LogP contribution in [0.15, 0.2) is 36.4 Å². The van der Waals surface area contributed by atoms with Crippen LogP contribution in [0.2, 0.25) is 0 Å². The molecule has 2 fully saturated rings. The summed E-state index contributed by atoms with van der Waals surface area (Å²) in [5, 5.41) is 3.24. The Hall–Kier alpha value is -3.42. The zero-order chi connectivity index (χ0) is 24.4. The van der Waals surface area contributed by atoms with Crippen LogP contribution < -0.4 is 24.3 Å². The molecule has 1 N–H and O–H groups in total. The zero-order valence-electron chi connectivity index (χ0n) is 20.2. The van der Waals surface area contributed by atoms with Gasteiger partial charge in [0, 0.05) is 19.5 Å². The molecule has 8 heteroatoms. The predicted octanol–water partition coefficient (Wildman–Crippen LogP) is 3.13. The first-order valence-electron chi connectivity index (χ1n) is 12.2. The molecule has 0 spiro atoms. The largest absolute Gasteiger partial charge is 0.493 e. The number of fused-ring (bicyclic) bond motifs is 1. The van der Waals surface area contributed by atoms with Crippen LogP contribution in [-0.2, 0) is 16.0 Å². The minimum absolute atomic E-state index is 0.0212. The molecule has 2 aliphatic heterocycles. The number of likely N-dealkylation sites (tertiary alicyclic amines) is 1. The molecule has 5 rings (SSSR count). The molecule has 0 aromatic heterocycles. The fraction of sp³-hybridized carbons (Fsp3) is 0.481. The second kappa shape index (κ2) is 10.1. The molecule has 2 unspecified atom stereocenters. The summed E-state index contributed by atoms with van der Waals surface area (Å²) >= 11 is 0. The van der Waals surface area contributed by atoms with Crippen LogP contribution in [0.4, 0.5) is 0 Å².